The van der Waals surface area contributed by atoms with Gasteiger partial charge in [0.15, 0.2) is 5.78 Å². The number of hydrogen-bond acceptors (Lipinski definition) is 4. The van der Waals surface area contributed by atoms with E-state index in [1.165, 1.54) is 6.20 Å². The highest BCUT2D eigenvalue weighted by atomic mass is 19.1. The van der Waals surface area contributed by atoms with E-state index in [1.54, 1.807) is 31.4 Å². The zero-order chi connectivity index (χ0) is 14.4. The van der Waals surface area contributed by atoms with Crippen LogP contribution in [-0.2, 0) is 4.74 Å². The van der Waals surface area contributed by atoms with Gasteiger partial charge in [-0.3, -0.25) is 9.78 Å². The van der Waals surface area contributed by atoms with Crippen LogP contribution in [-0.4, -0.2) is 31.1 Å². The summed E-state index contributed by atoms with van der Waals surface area (Å²) in [4.78, 5) is 16.0. The van der Waals surface area contributed by atoms with Gasteiger partial charge in [-0.2, -0.15) is 0 Å². The van der Waals surface area contributed by atoms with Gasteiger partial charge in [0, 0.05) is 18.9 Å². The molecule has 0 saturated carbocycles. The van der Waals surface area contributed by atoms with Crippen molar-refractivity contribution >= 4 is 5.78 Å². The van der Waals surface area contributed by atoms with Crippen LogP contribution < -0.4 is 4.74 Å². The Bertz CT molecular complexity index is 601. The van der Waals surface area contributed by atoms with E-state index in [0.717, 1.165) is 12.3 Å². The number of benzene rings is 1. The van der Waals surface area contributed by atoms with Crippen molar-refractivity contribution in [1.82, 2.24) is 4.98 Å². The van der Waals surface area contributed by atoms with Crippen molar-refractivity contribution in [2.24, 2.45) is 0 Å². The lowest BCUT2D eigenvalue weighted by Crippen LogP contribution is -2.09. The van der Waals surface area contributed by atoms with Crippen LogP contribution >= 0.6 is 0 Å². The largest absolute Gasteiger partial charge is 0.490 e. The number of nitrogens with zero attached hydrogens (tertiary/aromatic N) is 1. The highest BCUT2D eigenvalue weighted by Crippen LogP contribution is 2.21. The number of carbonyl (C=O) groups excluding carboxylic acids is 1. The molecule has 1 aromatic carbocycles. The van der Waals surface area contributed by atoms with Gasteiger partial charge in [-0.05, 0) is 18.2 Å². The van der Waals surface area contributed by atoms with E-state index in [4.69, 9.17) is 9.47 Å². The summed E-state index contributed by atoms with van der Waals surface area (Å²) in [6.45, 7) is 0.756. The average molecular weight is 275 g/mol. The molecule has 0 bridgehead atoms. The number of rotatable bonds is 6. The second-order valence-electron chi connectivity index (χ2n) is 4.06. The van der Waals surface area contributed by atoms with Crippen LogP contribution in [0.2, 0.25) is 0 Å². The first-order valence-electron chi connectivity index (χ1n) is 6.08. The van der Waals surface area contributed by atoms with E-state index in [1.807, 2.05) is 0 Å². The molecule has 20 heavy (non-hydrogen) atoms. The molecular formula is C15H14FNO3. The normalized spacial score (nSPS) is 10.3. The fourth-order valence-corrected chi connectivity index (χ4v) is 1.71. The fraction of sp³-hybridized carbons (Fsp3) is 0.200. The van der Waals surface area contributed by atoms with Crippen molar-refractivity contribution in [2.45, 2.75) is 0 Å². The summed E-state index contributed by atoms with van der Waals surface area (Å²) in [7, 11) is 1.57. The van der Waals surface area contributed by atoms with E-state index >= 15 is 0 Å². The first-order chi connectivity index (χ1) is 9.72. The third kappa shape index (κ3) is 3.39. The third-order valence-electron chi connectivity index (χ3n) is 2.64. The number of carbonyl (C=O) groups is 1. The molecule has 1 heterocycles. The Morgan fingerprint density at radius 1 is 1.25 bits per heavy atom. The SMILES string of the molecule is COCCOc1ccccc1C(=O)c1cncc(F)c1. The monoisotopic (exact) mass is 275 g/mol. The van der Waals surface area contributed by atoms with Crippen molar-refractivity contribution < 1.29 is 18.7 Å². The van der Waals surface area contributed by atoms with Crippen LogP contribution in [0.15, 0.2) is 42.7 Å². The quantitative estimate of drug-likeness (QED) is 0.600. The molecule has 0 atom stereocenters. The summed E-state index contributed by atoms with van der Waals surface area (Å²) in [6, 6.07) is 7.97. The van der Waals surface area contributed by atoms with Crippen LogP contribution in [0.25, 0.3) is 0 Å². The highest BCUT2D eigenvalue weighted by Gasteiger charge is 2.15. The Kier molecular flexibility index (Phi) is 4.79. The Morgan fingerprint density at radius 3 is 2.80 bits per heavy atom. The predicted molar refractivity (Wildman–Crippen MR) is 71.4 cm³/mol. The molecule has 2 aromatic rings. The third-order valence-corrected chi connectivity index (χ3v) is 2.64. The number of ketones is 1. The van der Waals surface area contributed by atoms with Crippen molar-refractivity contribution in [2.75, 3.05) is 20.3 Å². The first-order valence-corrected chi connectivity index (χ1v) is 6.08. The summed E-state index contributed by atoms with van der Waals surface area (Å²) >= 11 is 0. The van der Waals surface area contributed by atoms with Crippen molar-refractivity contribution in [3.05, 3.63) is 59.7 Å². The van der Waals surface area contributed by atoms with Gasteiger partial charge in [0.1, 0.15) is 18.2 Å². The smallest absolute Gasteiger partial charge is 0.198 e. The molecule has 0 N–H and O–H groups in total. The minimum atomic E-state index is -0.548. The molecule has 0 aliphatic rings. The Hall–Kier alpha value is -2.27. The van der Waals surface area contributed by atoms with E-state index < -0.39 is 5.82 Å². The van der Waals surface area contributed by atoms with Crippen molar-refractivity contribution in [3.8, 4) is 5.75 Å². The lowest BCUT2D eigenvalue weighted by atomic mass is 10.0. The molecule has 4 nitrogen and oxygen atoms in total. The number of methoxy groups -OCH3 is 1. The molecule has 0 saturated heterocycles. The van der Waals surface area contributed by atoms with Gasteiger partial charge in [0.05, 0.1) is 18.4 Å². The van der Waals surface area contributed by atoms with E-state index in [-0.39, 0.29) is 11.3 Å². The van der Waals surface area contributed by atoms with Crippen LogP contribution in [0.3, 0.4) is 0 Å². The number of para-hydroxylation sites is 1. The summed E-state index contributed by atoms with van der Waals surface area (Å²) in [6.07, 6.45) is 2.38. The van der Waals surface area contributed by atoms with Gasteiger partial charge in [-0.1, -0.05) is 12.1 Å². The van der Waals surface area contributed by atoms with Gasteiger partial charge < -0.3 is 9.47 Å². The zero-order valence-electron chi connectivity index (χ0n) is 11.0. The van der Waals surface area contributed by atoms with Crippen molar-refractivity contribution in [1.29, 1.82) is 0 Å². The maximum absolute atomic E-state index is 13.1. The van der Waals surface area contributed by atoms with Gasteiger partial charge in [-0.25, -0.2) is 4.39 Å². The average Bonchev–Trinajstić information content (AvgIpc) is 2.47. The van der Waals surface area contributed by atoms with E-state index in [2.05, 4.69) is 4.98 Å². The number of ether oxygens (including phenoxy) is 2. The van der Waals surface area contributed by atoms with Gasteiger partial charge in [0.2, 0.25) is 0 Å². The Morgan fingerprint density at radius 2 is 2.05 bits per heavy atom. The van der Waals surface area contributed by atoms with Gasteiger partial charge in [0.25, 0.3) is 0 Å². The topological polar surface area (TPSA) is 48.4 Å². The summed E-state index contributed by atoms with van der Waals surface area (Å²) in [5.41, 5.74) is 0.559. The van der Waals surface area contributed by atoms with Crippen molar-refractivity contribution in [3.63, 3.8) is 0 Å². The number of pyridine rings is 1. The second-order valence-corrected chi connectivity index (χ2v) is 4.06. The molecule has 1 aromatic heterocycles. The summed E-state index contributed by atoms with van der Waals surface area (Å²) in [5.74, 6) is -0.433. The maximum atomic E-state index is 13.1. The van der Waals surface area contributed by atoms with Gasteiger partial charge in [-0.15, -0.1) is 0 Å². The fourth-order valence-electron chi connectivity index (χ4n) is 1.71. The first kappa shape index (κ1) is 14.1. The second kappa shape index (κ2) is 6.77. The molecule has 0 aliphatic carbocycles. The zero-order valence-corrected chi connectivity index (χ0v) is 11.0. The van der Waals surface area contributed by atoms with Crippen LogP contribution in [0.1, 0.15) is 15.9 Å². The standard InChI is InChI=1S/C15H14FNO3/c1-19-6-7-20-14-5-3-2-4-13(14)15(18)11-8-12(16)10-17-9-11/h2-5,8-10H,6-7H2,1H3. The highest BCUT2D eigenvalue weighted by molar-refractivity contribution is 6.10. The van der Waals surface area contributed by atoms with Crippen LogP contribution in [0, 0.1) is 5.82 Å². The minimum Gasteiger partial charge on any atom is -0.490 e. The molecule has 0 fully saturated rings. The summed E-state index contributed by atoms with van der Waals surface area (Å²) in [5, 5.41) is 0. The number of hydrogen-bond donors (Lipinski definition) is 0. The van der Waals surface area contributed by atoms with Gasteiger partial charge >= 0.3 is 0 Å². The lowest BCUT2D eigenvalue weighted by molar-refractivity contribution is 0.103. The lowest BCUT2D eigenvalue weighted by Gasteiger charge is -2.10. The molecule has 0 spiro atoms. The van der Waals surface area contributed by atoms with E-state index in [9.17, 15) is 9.18 Å². The summed E-state index contributed by atoms with van der Waals surface area (Å²) < 4.78 is 23.5. The number of aromatic nitrogens is 1. The minimum absolute atomic E-state index is 0.188. The van der Waals surface area contributed by atoms with Crippen LogP contribution in [0.4, 0.5) is 4.39 Å². The maximum Gasteiger partial charge on any atom is 0.198 e. The molecule has 0 radical (unpaired) electrons. The molecule has 0 aliphatic heterocycles. The molecule has 5 heteroatoms. The van der Waals surface area contributed by atoms with Crippen LogP contribution in [0.5, 0.6) is 5.75 Å². The molecule has 2 rings (SSSR count). The Labute approximate surface area is 116 Å². The molecule has 0 unspecified atom stereocenters. The van der Waals surface area contributed by atoms with E-state index in [0.29, 0.717) is 24.5 Å². The predicted octanol–water partition coefficient (Wildman–Crippen LogP) is 2.48. The molecule has 104 valence electrons. The Balaban J connectivity index is 2.25. The molecule has 0 amide bonds. The number of halogens is 1. The molecular weight excluding hydrogens is 261 g/mol.